The fourth-order valence-corrected chi connectivity index (χ4v) is 5.40. The lowest BCUT2D eigenvalue weighted by molar-refractivity contribution is -0.0441. The van der Waals surface area contributed by atoms with Gasteiger partial charge < -0.3 is 0 Å². The van der Waals surface area contributed by atoms with Gasteiger partial charge in [0, 0.05) is 0 Å². The molecule has 15 heavy (non-hydrogen) atoms. The average Bonchev–Trinajstić information content (AvgIpc) is 1.96. The average molecular weight is 265 g/mol. The smallest absolute Gasteiger partial charge is 0.203 e. The first-order valence-electron chi connectivity index (χ1n) is 4.36. The predicted molar refractivity (Wildman–Crippen MR) is 55.3 cm³/mol. The monoisotopic (exact) mass is 265 g/mol. The third-order valence-corrected chi connectivity index (χ3v) is 6.28. The Kier molecular flexibility index (Phi) is 5.02. The number of halogens is 3. The molecule has 0 spiro atoms. The van der Waals surface area contributed by atoms with Crippen LogP contribution in [-0.4, -0.2) is 25.2 Å². The van der Waals surface area contributed by atoms with Gasteiger partial charge in [0.25, 0.3) is 0 Å². The second-order valence-corrected chi connectivity index (χ2v) is 8.72. The van der Waals surface area contributed by atoms with Gasteiger partial charge >= 0.3 is 15.5 Å². The van der Waals surface area contributed by atoms with Gasteiger partial charge in [-0.05, 0) is 19.4 Å². The molecule has 0 atom stereocenters. The summed E-state index contributed by atoms with van der Waals surface area (Å²) in [6.45, 7) is 6.80. The van der Waals surface area contributed by atoms with Crippen LogP contribution in [0, 0.1) is 0 Å². The number of rotatable bonds is 4. The Morgan fingerprint density at radius 1 is 1.07 bits per heavy atom. The van der Waals surface area contributed by atoms with Gasteiger partial charge in [0.2, 0.25) is 0 Å². The van der Waals surface area contributed by atoms with Crippen LogP contribution in [0.3, 0.4) is 0 Å². The van der Waals surface area contributed by atoms with Crippen LogP contribution >= 0.6 is 8.07 Å². The SMILES string of the molecule is CC(C)P(NS(=O)(=O)C(F)(F)F)C(C)C. The number of nitrogens with one attached hydrogen (secondary N) is 1. The molecule has 0 rings (SSSR count). The summed E-state index contributed by atoms with van der Waals surface area (Å²) >= 11 is 0. The third-order valence-electron chi connectivity index (χ3n) is 1.64. The molecule has 0 saturated heterocycles. The van der Waals surface area contributed by atoms with Crippen molar-refractivity contribution in [1.29, 1.82) is 0 Å². The van der Waals surface area contributed by atoms with Crippen LogP contribution in [0.1, 0.15) is 27.7 Å². The fraction of sp³-hybridized carbons (Fsp3) is 1.00. The van der Waals surface area contributed by atoms with Crippen LogP contribution in [0.25, 0.3) is 0 Å². The molecule has 0 saturated carbocycles. The van der Waals surface area contributed by atoms with Crippen molar-refractivity contribution < 1.29 is 21.6 Å². The lowest BCUT2D eigenvalue weighted by atomic mass is 10.5. The number of alkyl halides is 3. The number of hydrogen-bond acceptors (Lipinski definition) is 2. The molecule has 0 aliphatic carbocycles. The summed E-state index contributed by atoms with van der Waals surface area (Å²) in [7, 11) is -6.60. The van der Waals surface area contributed by atoms with E-state index in [2.05, 4.69) is 0 Å². The molecule has 8 heteroatoms. The summed E-state index contributed by atoms with van der Waals surface area (Å²) in [6.07, 6.45) is 0. The highest BCUT2D eigenvalue weighted by Crippen LogP contribution is 2.44. The highest BCUT2D eigenvalue weighted by atomic mass is 32.2. The summed E-state index contributed by atoms with van der Waals surface area (Å²) in [5.41, 5.74) is -5.48. The first-order chi connectivity index (χ1) is 6.49. The Morgan fingerprint density at radius 2 is 1.40 bits per heavy atom. The van der Waals surface area contributed by atoms with Gasteiger partial charge in [-0.25, -0.2) is 8.42 Å². The number of sulfonamides is 1. The van der Waals surface area contributed by atoms with Crippen molar-refractivity contribution in [3.05, 3.63) is 0 Å². The number of hydrogen-bond donors (Lipinski definition) is 1. The molecule has 3 nitrogen and oxygen atoms in total. The van der Waals surface area contributed by atoms with Crippen molar-refractivity contribution in [2.45, 2.75) is 44.5 Å². The lowest BCUT2D eigenvalue weighted by Gasteiger charge is -2.26. The van der Waals surface area contributed by atoms with Crippen molar-refractivity contribution in [2.75, 3.05) is 0 Å². The molecular formula is C7H15F3NO2PS. The topological polar surface area (TPSA) is 46.2 Å². The minimum absolute atomic E-state index is 0.128. The van der Waals surface area contributed by atoms with Gasteiger partial charge in [-0.15, -0.1) is 0 Å². The molecule has 0 amide bonds. The van der Waals surface area contributed by atoms with Crippen molar-refractivity contribution in [1.82, 2.24) is 4.49 Å². The molecule has 0 aliphatic heterocycles. The largest absolute Gasteiger partial charge is 0.511 e. The Morgan fingerprint density at radius 3 is 1.60 bits per heavy atom. The van der Waals surface area contributed by atoms with Gasteiger partial charge in [0.05, 0.1) is 0 Å². The van der Waals surface area contributed by atoms with Crippen molar-refractivity contribution in [3.63, 3.8) is 0 Å². The van der Waals surface area contributed by atoms with E-state index in [0.717, 1.165) is 0 Å². The van der Waals surface area contributed by atoms with E-state index in [-0.39, 0.29) is 11.3 Å². The van der Waals surface area contributed by atoms with Gasteiger partial charge in [-0.3, -0.25) is 0 Å². The van der Waals surface area contributed by atoms with E-state index >= 15 is 0 Å². The molecule has 1 N–H and O–H groups in total. The Hall–Kier alpha value is 0.130. The molecule has 0 aromatic carbocycles. The zero-order chi connectivity index (χ0) is 12.4. The first-order valence-corrected chi connectivity index (χ1v) is 7.32. The summed E-state index contributed by atoms with van der Waals surface area (Å²) in [6, 6.07) is 0. The molecule has 0 bridgehead atoms. The quantitative estimate of drug-likeness (QED) is 0.794. The zero-order valence-electron chi connectivity index (χ0n) is 8.96. The molecule has 0 radical (unpaired) electrons. The first kappa shape index (κ1) is 15.1. The van der Waals surface area contributed by atoms with Gasteiger partial charge in [-0.1, -0.05) is 27.7 Å². The van der Waals surface area contributed by atoms with Crippen LogP contribution in [-0.2, 0) is 10.0 Å². The van der Waals surface area contributed by atoms with Crippen LogP contribution in [0.4, 0.5) is 13.2 Å². The Bertz CT molecular complexity index is 292. The molecule has 0 aliphatic rings. The van der Waals surface area contributed by atoms with Crippen LogP contribution in [0.5, 0.6) is 0 Å². The van der Waals surface area contributed by atoms with Gasteiger partial charge in [0.1, 0.15) is 0 Å². The lowest BCUT2D eigenvalue weighted by Crippen LogP contribution is -2.36. The molecule has 0 aromatic rings. The predicted octanol–water partition coefficient (Wildman–Crippen LogP) is 2.64. The van der Waals surface area contributed by atoms with Gasteiger partial charge in [-0.2, -0.15) is 17.7 Å². The fourth-order valence-electron chi connectivity index (χ4n) is 0.998. The van der Waals surface area contributed by atoms with E-state index in [0.29, 0.717) is 0 Å². The van der Waals surface area contributed by atoms with E-state index in [1.54, 1.807) is 32.2 Å². The second-order valence-electron chi connectivity index (χ2n) is 3.64. The minimum Gasteiger partial charge on any atom is -0.203 e. The van der Waals surface area contributed by atoms with Gasteiger partial charge in [0.15, 0.2) is 0 Å². The van der Waals surface area contributed by atoms with Crippen LogP contribution in [0.2, 0.25) is 0 Å². The van der Waals surface area contributed by atoms with Crippen molar-refractivity contribution in [3.8, 4) is 0 Å². The highest BCUT2D eigenvalue weighted by Gasteiger charge is 2.47. The molecule has 0 heterocycles. The summed E-state index contributed by atoms with van der Waals surface area (Å²) in [5, 5.41) is 0. The summed E-state index contributed by atoms with van der Waals surface area (Å²) < 4.78 is 59.7. The van der Waals surface area contributed by atoms with Crippen molar-refractivity contribution in [2.24, 2.45) is 0 Å². The van der Waals surface area contributed by atoms with Crippen molar-refractivity contribution >= 4 is 18.1 Å². The highest BCUT2D eigenvalue weighted by molar-refractivity contribution is 7.96. The molecule has 0 unspecified atom stereocenters. The van der Waals surface area contributed by atoms with E-state index in [1.165, 1.54) is 0 Å². The summed E-state index contributed by atoms with van der Waals surface area (Å²) in [5.74, 6) is 0. The van der Waals surface area contributed by atoms with E-state index in [4.69, 9.17) is 0 Å². The minimum atomic E-state index is -5.22. The van der Waals surface area contributed by atoms with Crippen LogP contribution < -0.4 is 4.49 Å². The zero-order valence-corrected chi connectivity index (χ0v) is 10.7. The van der Waals surface area contributed by atoms with Crippen LogP contribution in [0.15, 0.2) is 0 Å². The van der Waals surface area contributed by atoms with E-state index < -0.39 is 23.6 Å². The maximum absolute atomic E-state index is 12.1. The summed E-state index contributed by atoms with van der Waals surface area (Å²) in [4.78, 5) is 0. The molecule has 0 aromatic heterocycles. The third kappa shape index (κ3) is 4.25. The molecule has 92 valence electrons. The molecule has 0 fully saturated rings. The normalized spacial score (nSPS) is 14.3. The van der Waals surface area contributed by atoms with E-state index in [1.807, 2.05) is 0 Å². The standard InChI is InChI=1S/C7H15F3NO2PS/c1-5(2)14(6(3)4)11-15(12,13)7(8,9)10/h5-6,11H,1-4H3. The van der Waals surface area contributed by atoms with E-state index in [9.17, 15) is 21.6 Å². The maximum atomic E-state index is 12.1. The Balaban J connectivity index is 4.85. The maximum Gasteiger partial charge on any atom is 0.511 e. The Labute approximate surface area is 89.3 Å². The molecular weight excluding hydrogens is 250 g/mol. The second kappa shape index (κ2) is 4.97.